The molecular weight excluding hydrogens is 434 g/mol. The second-order valence-electron chi connectivity index (χ2n) is 7.47. The number of halogens is 1. The highest BCUT2D eigenvalue weighted by molar-refractivity contribution is 7.99. The Labute approximate surface area is 186 Å². The monoisotopic (exact) mass is 449 g/mol. The van der Waals surface area contributed by atoms with E-state index in [1.54, 1.807) is 16.7 Å². The van der Waals surface area contributed by atoms with Gasteiger partial charge < -0.3 is 5.73 Å². The minimum atomic E-state index is -0.146. The Morgan fingerprint density at radius 2 is 1.90 bits per heavy atom. The second kappa shape index (κ2) is 6.74. The zero-order valence-electron chi connectivity index (χ0n) is 15.8. The van der Waals surface area contributed by atoms with Crippen molar-refractivity contribution in [2.75, 3.05) is 10.6 Å². The highest BCUT2D eigenvalue weighted by Gasteiger charge is 2.32. The molecule has 0 saturated heterocycles. The molecule has 0 bridgehead atoms. The minimum absolute atomic E-state index is 0.146. The van der Waals surface area contributed by atoms with E-state index in [0.717, 1.165) is 56.3 Å². The molecule has 2 aromatic carbocycles. The quantitative estimate of drug-likeness (QED) is 0.362. The van der Waals surface area contributed by atoms with Crippen LogP contribution in [0.25, 0.3) is 10.2 Å². The van der Waals surface area contributed by atoms with Crippen molar-refractivity contribution < 1.29 is 4.79 Å². The average molecular weight is 450 g/mol. The summed E-state index contributed by atoms with van der Waals surface area (Å²) in [5.74, 6) is -0.146. The van der Waals surface area contributed by atoms with Crippen molar-refractivity contribution in [3.05, 3.63) is 69.7 Å². The maximum atomic E-state index is 13.9. The molecule has 1 amide bonds. The molecule has 4 aromatic rings. The lowest BCUT2D eigenvalue weighted by Gasteiger charge is -2.31. The van der Waals surface area contributed by atoms with Crippen LogP contribution in [0.2, 0.25) is 5.02 Å². The Morgan fingerprint density at radius 1 is 1.07 bits per heavy atom. The fourth-order valence-corrected chi connectivity index (χ4v) is 6.44. The van der Waals surface area contributed by atoms with Crippen LogP contribution < -0.4 is 10.6 Å². The van der Waals surface area contributed by atoms with E-state index in [4.69, 9.17) is 22.3 Å². The lowest BCUT2D eigenvalue weighted by Crippen LogP contribution is -2.28. The van der Waals surface area contributed by atoms with Gasteiger partial charge in [0.1, 0.15) is 9.71 Å². The first kappa shape index (κ1) is 18.2. The van der Waals surface area contributed by atoms with Gasteiger partial charge in [-0.15, -0.1) is 11.3 Å². The summed E-state index contributed by atoms with van der Waals surface area (Å²) in [6.45, 7) is 0. The van der Waals surface area contributed by atoms with E-state index in [1.807, 2.05) is 42.5 Å². The maximum Gasteiger partial charge on any atom is 0.275 e. The second-order valence-corrected chi connectivity index (χ2v) is 9.99. The molecule has 148 valence electrons. The van der Waals surface area contributed by atoms with Crippen molar-refractivity contribution in [3.8, 4) is 0 Å². The van der Waals surface area contributed by atoms with Gasteiger partial charge in [-0.2, -0.15) is 0 Å². The highest BCUT2D eigenvalue weighted by atomic mass is 35.5. The van der Waals surface area contributed by atoms with Gasteiger partial charge in [0.15, 0.2) is 0 Å². The molecule has 30 heavy (non-hydrogen) atoms. The summed E-state index contributed by atoms with van der Waals surface area (Å²) in [6, 6.07) is 15.7. The predicted octanol–water partition coefficient (Wildman–Crippen LogP) is 6.46. The van der Waals surface area contributed by atoms with Crippen molar-refractivity contribution in [2.24, 2.45) is 0 Å². The van der Waals surface area contributed by atoms with Gasteiger partial charge in [0.25, 0.3) is 5.91 Å². The molecule has 1 aliphatic carbocycles. The molecule has 2 aromatic heterocycles. The number of carbonyl (C=O) groups excluding carboxylic acids is 1. The molecule has 0 spiro atoms. The molecule has 0 fully saturated rings. The van der Waals surface area contributed by atoms with E-state index >= 15 is 0 Å². The number of benzene rings is 2. The van der Waals surface area contributed by atoms with E-state index in [9.17, 15) is 4.79 Å². The zero-order chi connectivity index (χ0) is 20.4. The normalized spacial score (nSPS) is 14.5. The first-order valence-corrected chi connectivity index (χ1v) is 11.7. The summed E-state index contributed by atoms with van der Waals surface area (Å²) in [5.41, 5.74) is 11.0. The molecule has 2 aliphatic rings. The van der Waals surface area contributed by atoms with Crippen molar-refractivity contribution in [1.29, 1.82) is 0 Å². The Hall–Kier alpha value is -2.54. The molecule has 7 heteroatoms. The van der Waals surface area contributed by atoms with Crippen LogP contribution in [0, 0.1) is 0 Å². The molecule has 3 heterocycles. The van der Waals surface area contributed by atoms with E-state index in [0.29, 0.717) is 15.6 Å². The van der Waals surface area contributed by atoms with Crippen LogP contribution in [0.1, 0.15) is 27.3 Å². The molecule has 6 rings (SSSR count). The standard InChI is InChI=1S/C23H16ClN3OS2/c24-13-8-9-19-17(11-13)27(16-6-1-2-7-18(16)29-19)23(28)21-20(25)14-10-12-4-3-5-15(12)26-22(14)30-21/h1-2,6-11H,3-5,25H2. The lowest BCUT2D eigenvalue weighted by molar-refractivity contribution is 0.100. The van der Waals surface area contributed by atoms with Crippen molar-refractivity contribution in [1.82, 2.24) is 4.98 Å². The molecule has 2 N–H and O–H groups in total. The summed E-state index contributed by atoms with van der Waals surface area (Å²) >= 11 is 9.31. The number of thiophene rings is 1. The number of pyridine rings is 1. The van der Waals surface area contributed by atoms with E-state index in [2.05, 4.69) is 6.07 Å². The number of para-hydroxylation sites is 1. The largest absolute Gasteiger partial charge is 0.397 e. The number of amides is 1. The van der Waals surface area contributed by atoms with Gasteiger partial charge in [-0.3, -0.25) is 9.69 Å². The first-order valence-electron chi connectivity index (χ1n) is 9.72. The van der Waals surface area contributed by atoms with E-state index in [-0.39, 0.29) is 5.91 Å². The average Bonchev–Trinajstić information content (AvgIpc) is 3.34. The van der Waals surface area contributed by atoms with E-state index in [1.165, 1.54) is 16.9 Å². The van der Waals surface area contributed by atoms with Gasteiger partial charge in [-0.25, -0.2) is 4.98 Å². The van der Waals surface area contributed by atoms with Crippen molar-refractivity contribution >= 4 is 67.9 Å². The SMILES string of the molecule is Nc1c(C(=O)N2c3ccccc3Sc3ccc(Cl)cc32)sc2nc3c(cc12)CCC3. The fraction of sp³-hybridized carbons (Fsp3) is 0.130. The summed E-state index contributed by atoms with van der Waals surface area (Å²) in [4.78, 5) is 23.8. The Morgan fingerprint density at radius 3 is 2.80 bits per heavy atom. The molecule has 0 atom stereocenters. The molecular formula is C23H16ClN3OS2. The Balaban J connectivity index is 1.54. The number of anilines is 3. The molecule has 1 aliphatic heterocycles. The summed E-state index contributed by atoms with van der Waals surface area (Å²) in [5, 5.41) is 1.48. The van der Waals surface area contributed by atoms with Gasteiger partial charge in [-0.05, 0) is 61.2 Å². The predicted molar refractivity (Wildman–Crippen MR) is 125 cm³/mol. The fourth-order valence-electron chi connectivity index (χ4n) is 4.21. The number of hydrogen-bond acceptors (Lipinski definition) is 5. The number of nitrogens with two attached hydrogens (primary N) is 1. The van der Waals surface area contributed by atoms with Crippen LogP contribution in [0.15, 0.2) is 58.3 Å². The number of aromatic nitrogens is 1. The number of rotatable bonds is 1. The zero-order valence-corrected chi connectivity index (χ0v) is 18.2. The first-order chi connectivity index (χ1) is 14.6. The third kappa shape index (κ3) is 2.68. The number of fused-ring (bicyclic) bond motifs is 4. The number of nitrogen functional groups attached to an aromatic ring is 1. The third-order valence-corrected chi connectivity index (χ3v) is 8.10. The summed E-state index contributed by atoms with van der Waals surface area (Å²) in [6.07, 6.45) is 3.15. The van der Waals surface area contributed by atoms with Gasteiger partial charge in [0.05, 0.1) is 17.1 Å². The Kier molecular flexibility index (Phi) is 4.10. The van der Waals surface area contributed by atoms with Crippen LogP contribution in [-0.4, -0.2) is 10.9 Å². The number of nitrogens with zero attached hydrogens (tertiary/aromatic N) is 2. The third-order valence-electron chi connectivity index (χ3n) is 5.63. The molecule has 0 unspecified atom stereocenters. The van der Waals surface area contributed by atoms with Gasteiger partial charge in [0.2, 0.25) is 0 Å². The van der Waals surface area contributed by atoms with Crippen molar-refractivity contribution in [3.63, 3.8) is 0 Å². The number of hydrogen-bond donors (Lipinski definition) is 1. The van der Waals surface area contributed by atoms with Crippen LogP contribution in [0.4, 0.5) is 17.1 Å². The Bertz CT molecular complexity index is 1360. The van der Waals surface area contributed by atoms with Crippen molar-refractivity contribution in [2.45, 2.75) is 29.1 Å². The van der Waals surface area contributed by atoms with Crippen LogP contribution >= 0.6 is 34.7 Å². The molecule has 0 radical (unpaired) electrons. The topological polar surface area (TPSA) is 59.2 Å². The highest BCUT2D eigenvalue weighted by Crippen LogP contribution is 2.50. The number of aryl methyl sites for hydroxylation is 2. The minimum Gasteiger partial charge on any atom is -0.397 e. The lowest BCUT2D eigenvalue weighted by atomic mass is 10.1. The van der Waals surface area contributed by atoms with Crippen LogP contribution in [0.5, 0.6) is 0 Å². The maximum absolute atomic E-state index is 13.9. The summed E-state index contributed by atoms with van der Waals surface area (Å²) < 4.78 is 0. The summed E-state index contributed by atoms with van der Waals surface area (Å²) in [7, 11) is 0. The molecule has 0 saturated carbocycles. The molecule has 4 nitrogen and oxygen atoms in total. The van der Waals surface area contributed by atoms with Gasteiger partial charge >= 0.3 is 0 Å². The van der Waals surface area contributed by atoms with Gasteiger partial charge in [-0.1, -0.05) is 35.5 Å². The van der Waals surface area contributed by atoms with Gasteiger partial charge in [0, 0.05) is 25.9 Å². The van der Waals surface area contributed by atoms with E-state index < -0.39 is 0 Å². The number of carbonyl (C=O) groups is 1. The van der Waals surface area contributed by atoms with Crippen LogP contribution in [0.3, 0.4) is 0 Å². The van der Waals surface area contributed by atoms with Crippen LogP contribution in [-0.2, 0) is 12.8 Å². The smallest absolute Gasteiger partial charge is 0.275 e.